The SMILES string of the molecule is Cc1nn(C)cc1[C@@H](C)NC(=O)c1cccc(OCc2c(C)noc2C)c1. The minimum atomic E-state index is -0.159. The molecule has 1 aromatic carbocycles. The average molecular weight is 368 g/mol. The maximum absolute atomic E-state index is 12.6. The summed E-state index contributed by atoms with van der Waals surface area (Å²) in [6.07, 6.45) is 1.92. The Kier molecular flexibility index (Phi) is 5.30. The van der Waals surface area contributed by atoms with Gasteiger partial charge in [0.25, 0.3) is 5.91 Å². The summed E-state index contributed by atoms with van der Waals surface area (Å²) in [6, 6.07) is 6.98. The molecule has 7 nitrogen and oxygen atoms in total. The third-order valence-corrected chi connectivity index (χ3v) is 4.53. The maximum Gasteiger partial charge on any atom is 0.251 e. The van der Waals surface area contributed by atoms with Gasteiger partial charge in [0.05, 0.1) is 23.0 Å². The highest BCUT2D eigenvalue weighted by atomic mass is 16.5. The molecule has 7 heteroatoms. The van der Waals surface area contributed by atoms with E-state index in [-0.39, 0.29) is 11.9 Å². The zero-order valence-corrected chi connectivity index (χ0v) is 16.2. The number of rotatable bonds is 6. The van der Waals surface area contributed by atoms with Crippen LogP contribution in [-0.4, -0.2) is 20.8 Å². The molecule has 142 valence electrons. The van der Waals surface area contributed by atoms with Gasteiger partial charge >= 0.3 is 0 Å². The van der Waals surface area contributed by atoms with Crippen LogP contribution in [0.4, 0.5) is 0 Å². The third kappa shape index (κ3) is 4.19. The number of carbonyl (C=O) groups excluding carboxylic acids is 1. The van der Waals surface area contributed by atoms with Crippen molar-refractivity contribution >= 4 is 5.91 Å². The summed E-state index contributed by atoms with van der Waals surface area (Å²) >= 11 is 0. The number of hydrogen-bond acceptors (Lipinski definition) is 5. The van der Waals surface area contributed by atoms with Crippen molar-refractivity contribution in [2.75, 3.05) is 0 Å². The number of benzene rings is 1. The molecule has 3 aromatic rings. The van der Waals surface area contributed by atoms with Crippen LogP contribution in [0.15, 0.2) is 35.0 Å². The van der Waals surface area contributed by atoms with Crippen molar-refractivity contribution in [2.45, 2.75) is 40.3 Å². The lowest BCUT2D eigenvalue weighted by atomic mass is 10.1. The number of carbonyl (C=O) groups is 1. The first-order valence-electron chi connectivity index (χ1n) is 8.80. The molecule has 0 spiro atoms. The molecule has 0 saturated carbocycles. The summed E-state index contributed by atoms with van der Waals surface area (Å²) in [7, 11) is 1.87. The molecule has 2 aromatic heterocycles. The second-order valence-electron chi connectivity index (χ2n) is 6.66. The first-order chi connectivity index (χ1) is 12.8. The number of nitrogens with one attached hydrogen (secondary N) is 1. The largest absolute Gasteiger partial charge is 0.489 e. The van der Waals surface area contributed by atoms with Gasteiger partial charge in [0.15, 0.2) is 0 Å². The van der Waals surface area contributed by atoms with Crippen molar-refractivity contribution in [2.24, 2.45) is 7.05 Å². The van der Waals surface area contributed by atoms with Crippen molar-refractivity contribution in [1.82, 2.24) is 20.3 Å². The predicted molar refractivity (Wildman–Crippen MR) is 101 cm³/mol. The van der Waals surface area contributed by atoms with Crippen LogP contribution >= 0.6 is 0 Å². The van der Waals surface area contributed by atoms with E-state index in [9.17, 15) is 4.79 Å². The number of nitrogens with zero attached hydrogens (tertiary/aromatic N) is 3. The third-order valence-electron chi connectivity index (χ3n) is 4.53. The average Bonchev–Trinajstić information content (AvgIpc) is 3.14. The molecule has 0 aliphatic rings. The van der Waals surface area contributed by atoms with E-state index in [1.54, 1.807) is 22.9 Å². The molecule has 1 atom stereocenters. The van der Waals surface area contributed by atoms with Crippen LogP contribution in [0, 0.1) is 20.8 Å². The van der Waals surface area contributed by atoms with Crippen LogP contribution in [0.2, 0.25) is 0 Å². The lowest BCUT2D eigenvalue weighted by molar-refractivity contribution is 0.0939. The van der Waals surface area contributed by atoms with Gasteiger partial charge in [-0.05, 0) is 45.9 Å². The summed E-state index contributed by atoms with van der Waals surface area (Å²) in [5.41, 5.74) is 4.17. The quantitative estimate of drug-likeness (QED) is 0.721. The topological polar surface area (TPSA) is 82.2 Å². The van der Waals surface area contributed by atoms with Crippen LogP contribution in [0.1, 0.15) is 51.6 Å². The highest BCUT2D eigenvalue weighted by Gasteiger charge is 2.16. The van der Waals surface area contributed by atoms with Crippen LogP contribution in [0.25, 0.3) is 0 Å². The highest BCUT2D eigenvalue weighted by Crippen LogP contribution is 2.20. The smallest absolute Gasteiger partial charge is 0.251 e. The first-order valence-corrected chi connectivity index (χ1v) is 8.80. The molecule has 0 aliphatic heterocycles. The van der Waals surface area contributed by atoms with Gasteiger partial charge in [-0.25, -0.2) is 0 Å². The summed E-state index contributed by atoms with van der Waals surface area (Å²) in [5.74, 6) is 1.20. The Morgan fingerprint density at radius 3 is 2.70 bits per heavy atom. The monoisotopic (exact) mass is 368 g/mol. The van der Waals surface area contributed by atoms with Crippen molar-refractivity contribution in [3.05, 3.63) is 64.3 Å². The van der Waals surface area contributed by atoms with E-state index in [1.807, 2.05) is 47.0 Å². The van der Waals surface area contributed by atoms with Crippen LogP contribution in [0.5, 0.6) is 5.75 Å². The Morgan fingerprint density at radius 1 is 1.30 bits per heavy atom. The van der Waals surface area contributed by atoms with E-state index < -0.39 is 0 Å². The number of ether oxygens (including phenoxy) is 1. The van der Waals surface area contributed by atoms with Crippen molar-refractivity contribution < 1.29 is 14.1 Å². The zero-order valence-electron chi connectivity index (χ0n) is 16.2. The van der Waals surface area contributed by atoms with Crippen LogP contribution < -0.4 is 10.1 Å². The number of amides is 1. The minimum Gasteiger partial charge on any atom is -0.489 e. The van der Waals surface area contributed by atoms with Crippen LogP contribution in [-0.2, 0) is 13.7 Å². The molecule has 1 amide bonds. The number of aromatic nitrogens is 3. The second kappa shape index (κ2) is 7.65. The summed E-state index contributed by atoms with van der Waals surface area (Å²) in [6.45, 7) is 7.95. The highest BCUT2D eigenvalue weighted by molar-refractivity contribution is 5.94. The van der Waals surface area contributed by atoms with Gasteiger partial charge in [0.1, 0.15) is 18.1 Å². The fourth-order valence-corrected chi connectivity index (χ4v) is 2.99. The second-order valence-corrected chi connectivity index (χ2v) is 6.66. The molecule has 0 fully saturated rings. The Bertz CT molecular complexity index is 939. The van der Waals surface area contributed by atoms with E-state index in [0.717, 1.165) is 28.3 Å². The van der Waals surface area contributed by atoms with Crippen molar-refractivity contribution in [3.8, 4) is 5.75 Å². The van der Waals surface area contributed by atoms with E-state index in [1.165, 1.54) is 0 Å². The van der Waals surface area contributed by atoms with Gasteiger partial charge in [-0.15, -0.1) is 0 Å². The zero-order chi connectivity index (χ0) is 19.6. The molecule has 0 radical (unpaired) electrons. The van der Waals surface area contributed by atoms with Gasteiger partial charge in [0.2, 0.25) is 0 Å². The summed E-state index contributed by atoms with van der Waals surface area (Å²) < 4.78 is 12.7. The van der Waals surface area contributed by atoms with Gasteiger partial charge in [0, 0.05) is 24.4 Å². The standard InChI is InChI=1S/C20H24N4O3/c1-12(18-10-24(5)22-13(18)2)21-20(25)16-7-6-8-17(9-16)26-11-19-14(3)23-27-15(19)4/h6-10,12H,11H2,1-5H3,(H,21,25)/t12-/m1/s1. The minimum absolute atomic E-state index is 0.141. The fourth-order valence-electron chi connectivity index (χ4n) is 2.99. The fraction of sp³-hybridized carbons (Fsp3) is 0.350. The molecule has 0 bridgehead atoms. The molecule has 0 unspecified atom stereocenters. The molecule has 3 rings (SSSR count). The lowest BCUT2D eigenvalue weighted by Crippen LogP contribution is -2.26. The van der Waals surface area contributed by atoms with E-state index >= 15 is 0 Å². The molecule has 0 aliphatic carbocycles. The van der Waals surface area contributed by atoms with Gasteiger partial charge in [-0.3, -0.25) is 9.48 Å². The predicted octanol–water partition coefficient (Wildman–Crippen LogP) is 3.40. The molecule has 2 heterocycles. The number of hydrogen-bond donors (Lipinski definition) is 1. The van der Waals surface area contributed by atoms with Crippen molar-refractivity contribution in [3.63, 3.8) is 0 Å². The van der Waals surface area contributed by atoms with Gasteiger partial charge in [-0.1, -0.05) is 11.2 Å². The van der Waals surface area contributed by atoms with E-state index in [0.29, 0.717) is 17.9 Å². The Hall–Kier alpha value is -3.09. The van der Waals surface area contributed by atoms with Gasteiger partial charge < -0.3 is 14.6 Å². The Morgan fingerprint density at radius 2 is 2.07 bits per heavy atom. The summed E-state index contributed by atoms with van der Waals surface area (Å²) in [4.78, 5) is 12.6. The molecular weight excluding hydrogens is 344 g/mol. The van der Waals surface area contributed by atoms with E-state index in [2.05, 4.69) is 15.6 Å². The number of aryl methyl sites for hydroxylation is 4. The van der Waals surface area contributed by atoms with E-state index in [4.69, 9.17) is 9.26 Å². The Balaban J connectivity index is 1.67. The summed E-state index contributed by atoms with van der Waals surface area (Å²) in [5, 5.41) is 11.2. The van der Waals surface area contributed by atoms with Crippen molar-refractivity contribution in [1.29, 1.82) is 0 Å². The van der Waals surface area contributed by atoms with Gasteiger partial charge in [-0.2, -0.15) is 5.10 Å². The Labute approximate surface area is 158 Å². The molecular formula is C20H24N4O3. The lowest BCUT2D eigenvalue weighted by Gasteiger charge is -2.14. The molecule has 1 N–H and O–H groups in total. The maximum atomic E-state index is 12.6. The molecule has 0 saturated heterocycles. The normalized spacial score (nSPS) is 12.0. The van der Waals surface area contributed by atoms with Crippen LogP contribution in [0.3, 0.4) is 0 Å². The first kappa shape index (κ1) is 18.7. The molecule has 27 heavy (non-hydrogen) atoms.